The van der Waals surface area contributed by atoms with Crippen molar-refractivity contribution < 1.29 is 4.39 Å². The predicted octanol–water partition coefficient (Wildman–Crippen LogP) is 2.61. The molecule has 0 spiro atoms. The standard InChI is InChI=1S/C11H9FN2/c12-5-9-2-1-3-10(4-9)11-6-13-8-14-7-11/h1-4,6-8H,5H2. The number of halogens is 1. The molecule has 0 atom stereocenters. The molecule has 1 aromatic carbocycles. The number of rotatable bonds is 2. The predicted molar refractivity (Wildman–Crippen MR) is 52.3 cm³/mol. The highest BCUT2D eigenvalue weighted by Crippen LogP contribution is 2.18. The zero-order valence-electron chi connectivity index (χ0n) is 7.52. The molecule has 0 saturated carbocycles. The summed E-state index contributed by atoms with van der Waals surface area (Å²) in [5.41, 5.74) is 2.52. The molecule has 3 heteroatoms. The molecule has 2 aromatic rings. The van der Waals surface area contributed by atoms with Gasteiger partial charge in [-0.05, 0) is 17.2 Å². The van der Waals surface area contributed by atoms with Crippen molar-refractivity contribution in [2.75, 3.05) is 0 Å². The number of hydrogen-bond acceptors (Lipinski definition) is 2. The fourth-order valence-electron chi connectivity index (χ4n) is 1.28. The van der Waals surface area contributed by atoms with Crippen LogP contribution in [0.15, 0.2) is 43.0 Å². The number of aromatic nitrogens is 2. The van der Waals surface area contributed by atoms with Crippen LogP contribution in [-0.2, 0) is 6.67 Å². The van der Waals surface area contributed by atoms with E-state index < -0.39 is 6.67 Å². The molecular weight excluding hydrogens is 179 g/mol. The van der Waals surface area contributed by atoms with Gasteiger partial charge < -0.3 is 0 Å². The quantitative estimate of drug-likeness (QED) is 0.724. The summed E-state index contributed by atoms with van der Waals surface area (Å²) in [4.78, 5) is 7.82. The van der Waals surface area contributed by atoms with Gasteiger partial charge in [-0.15, -0.1) is 0 Å². The molecule has 0 N–H and O–H groups in total. The summed E-state index contributed by atoms with van der Waals surface area (Å²) in [6.45, 7) is -0.443. The van der Waals surface area contributed by atoms with Crippen LogP contribution in [0.3, 0.4) is 0 Å². The molecule has 0 amide bonds. The Balaban J connectivity index is 2.42. The molecule has 0 bridgehead atoms. The lowest BCUT2D eigenvalue weighted by Gasteiger charge is -2.01. The summed E-state index contributed by atoms with van der Waals surface area (Å²) in [5.74, 6) is 0. The van der Waals surface area contributed by atoms with Gasteiger partial charge in [0.25, 0.3) is 0 Å². The zero-order valence-corrected chi connectivity index (χ0v) is 7.52. The fourth-order valence-corrected chi connectivity index (χ4v) is 1.28. The number of alkyl halides is 1. The molecular formula is C11H9FN2. The van der Waals surface area contributed by atoms with Crippen LogP contribution >= 0.6 is 0 Å². The van der Waals surface area contributed by atoms with Crippen LogP contribution in [-0.4, -0.2) is 9.97 Å². The topological polar surface area (TPSA) is 25.8 Å². The first kappa shape index (κ1) is 8.81. The average Bonchev–Trinajstić information content (AvgIpc) is 2.30. The molecule has 1 heterocycles. The monoisotopic (exact) mass is 188 g/mol. The summed E-state index contributed by atoms with van der Waals surface area (Å²) in [6, 6.07) is 7.31. The second-order valence-electron chi connectivity index (χ2n) is 2.96. The van der Waals surface area contributed by atoms with Crippen LogP contribution in [0.1, 0.15) is 5.56 Å². The van der Waals surface area contributed by atoms with Crippen LogP contribution in [0.5, 0.6) is 0 Å². The van der Waals surface area contributed by atoms with Gasteiger partial charge in [0, 0.05) is 18.0 Å². The summed E-state index contributed by atoms with van der Waals surface area (Å²) in [7, 11) is 0. The van der Waals surface area contributed by atoms with Crippen molar-refractivity contribution in [1.29, 1.82) is 0 Å². The summed E-state index contributed by atoms with van der Waals surface area (Å²) in [6.07, 6.45) is 4.90. The molecule has 0 saturated heterocycles. The molecule has 2 nitrogen and oxygen atoms in total. The molecule has 0 radical (unpaired) electrons. The minimum atomic E-state index is -0.443. The lowest BCUT2D eigenvalue weighted by atomic mass is 10.1. The zero-order chi connectivity index (χ0) is 9.80. The summed E-state index contributed by atoms with van der Waals surface area (Å²) < 4.78 is 12.4. The van der Waals surface area contributed by atoms with Gasteiger partial charge >= 0.3 is 0 Å². The van der Waals surface area contributed by atoms with Crippen molar-refractivity contribution in [1.82, 2.24) is 9.97 Å². The minimum Gasteiger partial charge on any atom is -0.246 e. The van der Waals surface area contributed by atoms with E-state index in [0.29, 0.717) is 5.56 Å². The average molecular weight is 188 g/mol. The molecule has 14 heavy (non-hydrogen) atoms. The van der Waals surface area contributed by atoms with Gasteiger partial charge in [0.2, 0.25) is 0 Å². The fraction of sp³-hybridized carbons (Fsp3) is 0.0909. The molecule has 0 aliphatic heterocycles. The third-order valence-electron chi connectivity index (χ3n) is 1.98. The van der Waals surface area contributed by atoms with Crippen molar-refractivity contribution in [3.8, 4) is 11.1 Å². The van der Waals surface area contributed by atoms with Crippen LogP contribution in [0.4, 0.5) is 4.39 Å². The van der Waals surface area contributed by atoms with Crippen molar-refractivity contribution in [3.63, 3.8) is 0 Å². The smallest absolute Gasteiger partial charge is 0.115 e. The first-order chi connectivity index (χ1) is 6.90. The summed E-state index contributed by atoms with van der Waals surface area (Å²) in [5, 5.41) is 0. The number of nitrogens with zero attached hydrogens (tertiary/aromatic N) is 2. The maximum absolute atomic E-state index is 12.4. The minimum absolute atomic E-state index is 0.443. The Hall–Kier alpha value is -1.77. The van der Waals surface area contributed by atoms with E-state index in [1.807, 2.05) is 12.1 Å². The normalized spacial score (nSPS) is 10.1. The highest BCUT2D eigenvalue weighted by atomic mass is 19.1. The van der Waals surface area contributed by atoms with E-state index in [0.717, 1.165) is 11.1 Å². The van der Waals surface area contributed by atoms with Gasteiger partial charge in [-0.3, -0.25) is 0 Å². The lowest BCUT2D eigenvalue weighted by Crippen LogP contribution is -1.84. The van der Waals surface area contributed by atoms with E-state index in [4.69, 9.17) is 0 Å². The molecule has 70 valence electrons. The molecule has 0 fully saturated rings. The highest BCUT2D eigenvalue weighted by Gasteiger charge is 1.98. The van der Waals surface area contributed by atoms with Crippen LogP contribution in [0, 0.1) is 0 Å². The first-order valence-electron chi connectivity index (χ1n) is 4.30. The van der Waals surface area contributed by atoms with Gasteiger partial charge in [-0.2, -0.15) is 0 Å². The van der Waals surface area contributed by atoms with Gasteiger partial charge in [-0.25, -0.2) is 14.4 Å². The van der Waals surface area contributed by atoms with E-state index in [1.54, 1.807) is 24.5 Å². The van der Waals surface area contributed by atoms with Crippen molar-refractivity contribution in [2.45, 2.75) is 6.67 Å². The van der Waals surface area contributed by atoms with Gasteiger partial charge in [0.1, 0.15) is 13.0 Å². The molecule has 1 aromatic heterocycles. The highest BCUT2D eigenvalue weighted by molar-refractivity contribution is 5.61. The molecule has 0 unspecified atom stereocenters. The Labute approximate surface area is 81.5 Å². The van der Waals surface area contributed by atoms with Crippen LogP contribution < -0.4 is 0 Å². The number of benzene rings is 1. The largest absolute Gasteiger partial charge is 0.246 e. The maximum Gasteiger partial charge on any atom is 0.115 e. The van der Waals surface area contributed by atoms with Crippen LogP contribution in [0.25, 0.3) is 11.1 Å². The van der Waals surface area contributed by atoms with Gasteiger partial charge in [0.05, 0.1) is 0 Å². The van der Waals surface area contributed by atoms with Crippen molar-refractivity contribution in [3.05, 3.63) is 48.5 Å². The van der Waals surface area contributed by atoms with E-state index in [2.05, 4.69) is 9.97 Å². The van der Waals surface area contributed by atoms with E-state index >= 15 is 0 Å². The molecule has 0 aliphatic rings. The Morgan fingerprint density at radius 3 is 2.57 bits per heavy atom. The molecule has 0 aliphatic carbocycles. The molecule has 2 rings (SSSR count). The SMILES string of the molecule is FCc1cccc(-c2cncnc2)c1. The van der Waals surface area contributed by atoms with Crippen molar-refractivity contribution >= 4 is 0 Å². The number of hydrogen-bond donors (Lipinski definition) is 0. The first-order valence-corrected chi connectivity index (χ1v) is 4.30. The Bertz CT molecular complexity index is 415. The second-order valence-corrected chi connectivity index (χ2v) is 2.96. The maximum atomic E-state index is 12.4. The van der Waals surface area contributed by atoms with Crippen molar-refractivity contribution in [2.24, 2.45) is 0 Å². The lowest BCUT2D eigenvalue weighted by molar-refractivity contribution is 0.485. The third kappa shape index (κ3) is 1.76. The Morgan fingerprint density at radius 2 is 1.86 bits per heavy atom. The van der Waals surface area contributed by atoms with Crippen LogP contribution in [0.2, 0.25) is 0 Å². The Kier molecular flexibility index (Phi) is 2.49. The third-order valence-corrected chi connectivity index (χ3v) is 1.98. The Morgan fingerprint density at radius 1 is 1.07 bits per heavy atom. The summed E-state index contributed by atoms with van der Waals surface area (Å²) >= 11 is 0. The second kappa shape index (κ2) is 3.96. The van der Waals surface area contributed by atoms with E-state index in [-0.39, 0.29) is 0 Å². The van der Waals surface area contributed by atoms with Gasteiger partial charge in [0.15, 0.2) is 0 Å². The van der Waals surface area contributed by atoms with Gasteiger partial charge in [-0.1, -0.05) is 18.2 Å². The van der Waals surface area contributed by atoms with E-state index in [1.165, 1.54) is 6.33 Å². The van der Waals surface area contributed by atoms with E-state index in [9.17, 15) is 4.39 Å².